The Bertz CT molecular complexity index is 878. The summed E-state index contributed by atoms with van der Waals surface area (Å²) >= 11 is 7.08. The van der Waals surface area contributed by atoms with E-state index in [1.165, 1.54) is 6.21 Å². The van der Waals surface area contributed by atoms with Crippen LogP contribution in [0.3, 0.4) is 0 Å². The highest BCUT2D eigenvalue weighted by molar-refractivity contribution is 9.11. The van der Waals surface area contributed by atoms with Gasteiger partial charge in [0.05, 0.1) is 28.9 Å². The molecule has 0 aliphatic rings. The van der Waals surface area contributed by atoms with Gasteiger partial charge in [-0.05, 0) is 87.0 Å². The van der Waals surface area contributed by atoms with Crippen LogP contribution in [0.25, 0.3) is 0 Å². The van der Waals surface area contributed by atoms with Crippen molar-refractivity contribution in [2.75, 3.05) is 20.3 Å². The van der Waals surface area contributed by atoms with Gasteiger partial charge < -0.3 is 19.0 Å². The van der Waals surface area contributed by atoms with Crippen molar-refractivity contribution in [2.45, 2.75) is 33.1 Å². The van der Waals surface area contributed by atoms with Gasteiger partial charge in [-0.1, -0.05) is 19.0 Å². The summed E-state index contributed by atoms with van der Waals surface area (Å²) in [5.41, 5.74) is 1.87. The van der Waals surface area contributed by atoms with Gasteiger partial charge in [0.25, 0.3) is 0 Å². The van der Waals surface area contributed by atoms with Gasteiger partial charge in [0.1, 0.15) is 11.5 Å². The topological polar surface area (TPSA) is 66.4 Å². The third kappa shape index (κ3) is 6.74. The van der Waals surface area contributed by atoms with Gasteiger partial charge in [0.2, 0.25) is 6.61 Å². The molecule has 6 nitrogen and oxygen atoms in total. The number of hydrogen-bond donors (Lipinski definition) is 0. The normalized spacial score (nSPS) is 11.9. The molecular weight excluding hydrogens is 518 g/mol. The van der Waals surface area contributed by atoms with E-state index >= 15 is 0 Å². The van der Waals surface area contributed by atoms with Crippen LogP contribution in [0.2, 0.25) is 0 Å². The molecule has 0 bridgehead atoms. The molecule has 0 N–H and O–H groups in total. The summed E-state index contributed by atoms with van der Waals surface area (Å²) in [5.74, 6) is 2.09. The molecule has 0 fully saturated rings. The Balaban J connectivity index is 2.15. The summed E-state index contributed by atoms with van der Waals surface area (Å²) in [6.45, 7) is 6.11. The number of halogens is 2. The minimum absolute atomic E-state index is 0.232. The Morgan fingerprint density at radius 2 is 1.87 bits per heavy atom. The van der Waals surface area contributed by atoms with Crippen LogP contribution in [-0.2, 0) is 14.4 Å². The maximum absolute atomic E-state index is 11.2. The van der Waals surface area contributed by atoms with Crippen LogP contribution in [0, 0.1) is 0 Å². The van der Waals surface area contributed by atoms with Crippen LogP contribution in [0.15, 0.2) is 44.4 Å². The first-order chi connectivity index (χ1) is 14.4. The quantitative estimate of drug-likeness (QED) is 0.196. The van der Waals surface area contributed by atoms with E-state index < -0.39 is 5.97 Å². The van der Waals surface area contributed by atoms with Crippen molar-refractivity contribution in [3.63, 3.8) is 0 Å². The number of carbonyl (C=O) groups is 1. The number of benzene rings is 2. The fraction of sp³-hybridized carbons (Fsp3) is 0.364. The zero-order chi connectivity index (χ0) is 22.1. The zero-order valence-corrected chi connectivity index (χ0v) is 20.6. The summed E-state index contributed by atoms with van der Waals surface area (Å²) in [5, 5.41) is 3.80. The summed E-state index contributed by atoms with van der Waals surface area (Å²) in [7, 11) is 1.67. The maximum atomic E-state index is 11.2. The van der Waals surface area contributed by atoms with E-state index in [0.717, 1.165) is 32.2 Å². The second-order valence-electron chi connectivity index (χ2n) is 6.44. The van der Waals surface area contributed by atoms with Crippen LogP contribution in [0.5, 0.6) is 17.2 Å². The summed E-state index contributed by atoms with van der Waals surface area (Å²) in [4.78, 5) is 16.2. The molecule has 2 aromatic rings. The van der Waals surface area contributed by atoms with E-state index in [4.69, 9.17) is 19.0 Å². The van der Waals surface area contributed by atoms with Crippen molar-refractivity contribution in [2.24, 2.45) is 5.16 Å². The van der Waals surface area contributed by atoms with E-state index in [-0.39, 0.29) is 6.61 Å². The highest BCUT2D eigenvalue weighted by Crippen LogP contribution is 2.39. The number of carbonyl (C=O) groups excluding carboxylic acids is 1. The predicted octanol–water partition coefficient (Wildman–Crippen LogP) is 6.44. The Kier molecular flexibility index (Phi) is 9.65. The minimum atomic E-state index is -0.461. The maximum Gasteiger partial charge on any atom is 0.347 e. The molecule has 8 heteroatoms. The van der Waals surface area contributed by atoms with Crippen molar-refractivity contribution in [3.8, 4) is 17.2 Å². The molecule has 0 spiro atoms. The highest BCUT2D eigenvalue weighted by atomic mass is 79.9. The minimum Gasteiger partial charge on any atom is -0.496 e. The fourth-order valence-electron chi connectivity index (χ4n) is 2.64. The predicted molar refractivity (Wildman–Crippen MR) is 124 cm³/mol. The first-order valence-electron chi connectivity index (χ1n) is 9.55. The molecule has 1 unspecified atom stereocenters. The van der Waals surface area contributed by atoms with E-state index in [1.807, 2.05) is 30.3 Å². The monoisotopic (exact) mass is 541 g/mol. The largest absolute Gasteiger partial charge is 0.496 e. The van der Waals surface area contributed by atoms with Crippen molar-refractivity contribution in [1.29, 1.82) is 0 Å². The van der Waals surface area contributed by atoms with Crippen LogP contribution in [0.4, 0.5) is 0 Å². The molecule has 0 saturated heterocycles. The van der Waals surface area contributed by atoms with E-state index in [9.17, 15) is 4.79 Å². The smallest absolute Gasteiger partial charge is 0.347 e. The summed E-state index contributed by atoms with van der Waals surface area (Å²) in [6.07, 6.45) is 2.51. The lowest BCUT2D eigenvalue weighted by molar-refractivity contribution is -0.148. The van der Waals surface area contributed by atoms with Gasteiger partial charge in [-0.2, -0.15) is 0 Å². The Morgan fingerprint density at radius 1 is 1.17 bits per heavy atom. The van der Waals surface area contributed by atoms with Crippen LogP contribution in [-0.4, -0.2) is 32.5 Å². The molecule has 2 aromatic carbocycles. The molecule has 162 valence electrons. The highest BCUT2D eigenvalue weighted by Gasteiger charge is 2.14. The van der Waals surface area contributed by atoms with Gasteiger partial charge in [-0.25, -0.2) is 4.79 Å². The summed E-state index contributed by atoms with van der Waals surface area (Å²) < 4.78 is 17.9. The SMILES string of the molecule is CCOC(=O)CO/N=C/c1cc(Br)c(Oc2ccc(OC)c(C(C)CC)c2)c(Br)c1. The molecule has 0 heterocycles. The third-order valence-corrected chi connectivity index (χ3v) is 5.53. The number of oxime groups is 1. The summed E-state index contributed by atoms with van der Waals surface area (Å²) in [6, 6.07) is 9.49. The standard InChI is InChI=1S/C22H25Br2NO5/c1-5-14(3)17-11-16(7-8-20(17)27-4)30-22-18(23)9-15(10-19(22)24)12-25-29-13-21(26)28-6-2/h7-12,14H,5-6,13H2,1-4H3/b25-12+. The zero-order valence-electron chi connectivity index (χ0n) is 17.4. The number of esters is 1. The van der Waals surface area contributed by atoms with Crippen molar-refractivity contribution < 1.29 is 23.8 Å². The number of methoxy groups -OCH3 is 1. The molecule has 2 rings (SSSR count). The van der Waals surface area contributed by atoms with E-state index in [0.29, 0.717) is 24.0 Å². The second-order valence-corrected chi connectivity index (χ2v) is 8.15. The first kappa shape index (κ1) is 24.2. The Morgan fingerprint density at radius 3 is 2.47 bits per heavy atom. The molecule has 0 radical (unpaired) electrons. The van der Waals surface area contributed by atoms with Gasteiger partial charge in [-0.15, -0.1) is 0 Å². The Hall–Kier alpha value is -2.06. The molecular formula is C22H25Br2NO5. The lowest BCUT2D eigenvalue weighted by Crippen LogP contribution is -2.10. The van der Waals surface area contributed by atoms with Crippen LogP contribution >= 0.6 is 31.9 Å². The van der Waals surface area contributed by atoms with Crippen LogP contribution < -0.4 is 9.47 Å². The number of nitrogens with zero attached hydrogens (tertiary/aromatic N) is 1. The van der Waals surface area contributed by atoms with Gasteiger partial charge in [0.15, 0.2) is 5.75 Å². The van der Waals surface area contributed by atoms with Gasteiger partial charge in [0, 0.05) is 5.56 Å². The van der Waals surface area contributed by atoms with Crippen molar-refractivity contribution >= 4 is 44.0 Å². The number of ether oxygens (including phenoxy) is 3. The fourth-order valence-corrected chi connectivity index (χ4v) is 4.02. The third-order valence-electron chi connectivity index (χ3n) is 4.35. The average Bonchev–Trinajstić information content (AvgIpc) is 2.73. The molecule has 30 heavy (non-hydrogen) atoms. The first-order valence-corrected chi connectivity index (χ1v) is 11.1. The molecule has 0 aliphatic carbocycles. The van der Waals surface area contributed by atoms with Gasteiger partial charge >= 0.3 is 5.97 Å². The molecule has 0 aliphatic heterocycles. The lowest BCUT2D eigenvalue weighted by atomic mass is 9.97. The lowest BCUT2D eigenvalue weighted by Gasteiger charge is -2.17. The molecule has 0 aromatic heterocycles. The van der Waals surface area contributed by atoms with E-state index in [2.05, 4.69) is 50.9 Å². The molecule has 0 saturated carbocycles. The average molecular weight is 543 g/mol. The van der Waals surface area contributed by atoms with Crippen molar-refractivity contribution in [3.05, 3.63) is 50.4 Å². The van der Waals surface area contributed by atoms with Crippen molar-refractivity contribution in [1.82, 2.24) is 0 Å². The number of hydrogen-bond acceptors (Lipinski definition) is 6. The molecule has 0 amide bonds. The van der Waals surface area contributed by atoms with Crippen LogP contribution in [0.1, 0.15) is 44.2 Å². The second kappa shape index (κ2) is 12.0. The number of rotatable bonds is 10. The molecule has 1 atom stereocenters. The Labute approximate surface area is 193 Å². The van der Waals surface area contributed by atoms with E-state index in [1.54, 1.807) is 14.0 Å². The van der Waals surface area contributed by atoms with Gasteiger partial charge in [-0.3, -0.25) is 0 Å².